The summed E-state index contributed by atoms with van der Waals surface area (Å²) in [5.74, 6) is 2.18. The van der Waals surface area contributed by atoms with Gasteiger partial charge in [-0.15, -0.1) is 0 Å². The number of ether oxygens (including phenoxy) is 1. The van der Waals surface area contributed by atoms with E-state index in [9.17, 15) is 0 Å². The number of hydrogen-bond donors (Lipinski definition) is 1. The number of hydrogen-bond acceptors (Lipinski definition) is 5. The Bertz CT molecular complexity index is 625. The van der Waals surface area contributed by atoms with E-state index in [1.807, 2.05) is 33.8 Å². The normalized spacial score (nSPS) is 12.5. The maximum Gasteiger partial charge on any atom is 0.248 e. The Hall–Kier alpha value is -1.75. The van der Waals surface area contributed by atoms with E-state index in [4.69, 9.17) is 20.9 Å². The first-order valence-electron chi connectivity index (χ1n) is 6.86. The molecule has 0 spiro atoms. The molecule has 1 atom stereocenters. The summed E-state index contributed by atoms with van der Waals surface area (Å²) in [5, 5.41) is 7.96. The fourth-order valence-electron chi connectivity index (χ4n) is 1.90. The fourth-order valence-corrected chi connectivity index (χ4v) is 2.05. The topological polar surface area (TPSA) is 60.2 Å². The van der Waals surface area contributed by atoms with Gasteiger partial charge >= 0.3 is 0 Å². The van der Waals surface area contributed by atoms with Crippen LogP contribution in [0.15, 0.2) is 16.7 Å². The van der Waals surface area contributed by atoms with Crippen LogP contribution in [0.4, 0.5) is 5.69 Å². The summed E-state index contributed by atoms with van der Waals surface area (Å²) >= 11 is 6.11. The molecule has 0 saturated carbocycles. The lowest BCUT2D eigenvalue weighted by Gasteiger charge is -2.16. The summed E-state index contributed by atoms with van der Waals surface area (Å²) in [4.78, 5) is 4.39. The highest BCUT2D eigenvalue weighted by molar-refractivity contribution is 6.31. The van der Waals surface area contributed by atoms with E-state index in [2.05, 4.69) is 15.5 Å². The van der Waals surface area contributed by atoms with Crippen LogP contribution in [0.5, 0.6) is 5.75 Å². The summed E-state index contributed by atoms with van der Waals surface area (Å²) < 4.78 is 10.6. The smallest absolute Gasteiger partial charge is 0.248 e. The quantitative estimate of drug-likeness (QED) is 0.890. The van der Waals surface area contributed by atoms with Crippen LogP contribution in [0.1, 0.15) is 50.0 Å². The number of aromatic nitrogens is 2. The Morgan fingerprint density at radius 3 is 2.57 bits per heavy atom. The van der Waals surface area contributed by atoms with Gasteiger partial charge in [-0.3, -0.25) is 0 Å². The third kappa shape index (κ3) is 3.47. The summed E-state index contributed by atoms with van der Waals surface area (Å²) in [7, 11) is 1.61. The van der Waals surface area contributed by atoms with Gasteiger partial charge in [-0.25, -0.2) is 0 Å². The van der Waals surface area contributed by atoms with E-state index >= 15 is 0 Å². The van der Waals surface area contributed by atoms with Crippen LogP contribution < -0.4 is 10.1 Å². The second-order valence-corrected chi connectivity index (χ2v) is 5.72. The third-order valence-electron chi connectivity index (χ3n) is 3.20. The molecule has 0 aliphatic rings. The van der Waals surface area contributed by atoms with Gasteiger partial charge < -0.3 is 14.6 Å². The summed E-state index contributed by atoms with van der Waals surface area (Å²) in [6, 6.07) is 3.61. The molecule has 0 amide bonds. The van der Waals surface area contributed by atoms with E-state index in [1.54, 1.807) is 13.2 Å². The van der Waals surface area contributed by atoms with Crippen molar-refractivity contribution in [3.05, 3.63) is 34.4 Å². The van der Waals surface area contributed by atoms with Crippen molar-refractivity contribution in [2.24, 2.45) is 0 Å². The molecule has 1 N–H and O–H groups in total. The van der Waals surface area contributed by atoms with Gasteiger partial charge in [0.25, 0.3) is 0 Å². The number of methoxy groups -OCH3 is 1. The Balaban J connectivity index is 2.22. The zero-order valence-corrected chi connectivity index (χ0v) is 13.7. The molecule has 1 aromatic carbocycles. The summed E-state index contributed by atoms with van der Waals surface area (Å²) in [6.07, 6.45) is 0. The maximum absolute atomic E-state index is 6.11. The second kappa shape index (κ2) is 6.35. The molecule has 0 saturated heterocycles. The fraction of sp³-hybridized carbons (Fsp3) is 0.467. The first-order chi connectivity index (χ1) is 9.92. The molecule has 2 rings (SSSR count). The minimum atomic E-state index is -0.125. The minimum absolute atomic E-state index is 0.125. The molecular formula is C15H20ClN3O2. The van der Waals surface area contributed by atoms with Crippen LogP contribution in [-0.2, 0) is 0 Å². The van der Waals surface area contributed by atoms with E-state index < -0.39 is 0 Å². The predicted molar refractivity (Wildman–Crippen MR) is 83.2 cm³/mol. The van der Waals surface area contributed by atoms with Gasteiger partial charge in [-0.1, -0.05) is 30.6 Å². The Kier molecular flexibility index (Phi) is 4.73. The van der Waals surface area contributed by atoms with E-state index in [1.165, 1.54) is 0 Å². The van der Waals surface area contributed by atoms with Gasteiger partial charge in [0.05, 0.1) is 12.8 Å². The lowest BCUT2D eigenvalue weighted by atomic mass is 10.2. The van der Waals surface area contributed by atoms with Crippen LogP contribution >= 0.6 is 11.6 Å². The van der Waals surface area contributed by atoms with Gasteiger partial charge in [-0.2, -0.15) is 4.98 Å². The maximum atomic E-state index is 6.11. The van der Waals surface area contributed by atoms with E-state index in [-0.39, 0.29) is 12.0 Å². The van der Waals surface area contributed by atoms with Gasteiger partial charge in [0.1, 0.15) is 11.8 Å². The first kappa shape index (κ1) is 15.6. The van der Waals surface area contributed by atoms with E-state index in [0.717, 1.165) is 11.3 Å². The standard InChI is InChI=1S/C15H20ClN3O2/c1-8(2)14-18-15(21-19-14)10(4)17-12-6-9(3)11(16)7-13(12)20-5/h6-8,10,17H,1-5H3/t10-/m0/s1. The number of nitrogens with one attached hydrogen (secondary N) is 1. The largest absolute Gasteiger partial charge is 0.495 e. The summed E-state index contributed by atoms with van der Waals surface area (Å²) in [6.45, 7) is 7.96. The Labute approximate surface area is 129 Å². The molecule has 114 valence electrons. The number of halogens is 1. The SMILES string of the molecule is COc1cc(Cl)c(C)cc1N[C@@H](C)c1nc(C(C)C)no1. The molecule has 0 aliphatic carbocycles. The van der Waals surface area contributed by atoms with Gasteiger partial charge in [0.15, 0.2) is 5.82 Å². The molecule has 1 heterocycles. The number of anilines is 1. The highest BCUT2D eigenvalue weighted by atomic mass is 35.5. The monoisotopic (exact) mass is 309 g/mol. The number of rotatable bonds is 5. The molecule has 5 nitrogen and oxygen atoms in total. The summed E-state index contributed by atoms with van der Waals surface area (Å²) in [5.41, 5.74) is 1.82. The van der Waals surface area contributed by atoms with Crippen molar-refractivity contribution in [1.29, 1.82) is 0 Å². The molecule has 1 aromatic heterocycles. The molecule has 6 heteroatoms. The highest BCUT2D eigenvalue weighted by Crippen LogP contribution is 2.33. The van der Waals surface area contributed by atoms with Crippen LogP contribution in [0.2, 0.25) is 5.02 Å². The van der Waals surface area contributed by atoms with Crippen molar-refractivity contribution in [2.45, 2.75) is 39.7 Å². The lowest BCUT2D eigenvalue weighted by molar-refractivity contribution is 0.360. The molecule has 2 aromatic rings. The average Bonchev–Trinajstić information content (AvgIpc) is 2.92. The lowest BCUT2D eigenvalue weighted by Crippen LogP contribution is -2.08. The van der Waals surface area contributed by atoms with Gasteiger partial charge in [0, 0.05) is 17.0 Å². The van der Waals surface area contributed by atoms with Gasteiger partial charge in [-0.05, 0) is 25.5 Å². The van der Waals surface area contributed by atoms with Crippen molar-refractivity contribution < 1.29 is 9.26 Å². The molecule has 0 radical (unpaired) electrons. The molecule has 0 unspecified atom stereocenters. The predicted octanol–water partition coefficient (Wildman–Crippen LogP) is 4.34. The molecular weight excluding hydrogens is 290 g/mol. The first-order valence-corrected chi connectivity index (χ1v) is 7.24. The zero-order chi connectivity index (χ0) is 15.6. The van der Waals surface area contributed by atoms with Crippen LogP contribution in [0, 0.1) is 6.92 Å². The molecule has 21 heavy (non-hydrogen) atoms. The van der Waals surface area contributed by atoms with Crippen molar-refractivity contribution in [3.63, 3.8) is 0 Å². The number of aryl methyl sites for hydroxylation is 1. The number of nitrogens with zero attached hydrogens (tertiary/aromatic N) is 2. The Morgan fingerprint density at radius 2 is 2.00 bits per heavy atom. The highest BCUT2D eigenvalue weighted by Gasteiger charge is 2.17. The second-order valence-electron chi connectivity index (χ2n) is 5.31. The van der Waals surface area contributed by atoms with Crippen LogP contribution in [0.25, 0.3) is 0 Å². The Morgan fingerprint density at radius 1 is 1.29 bits per heavy atom. The third-order valence-corrected chi connectivity index (χ3v) is 3.60. The van der Waals surface area contributed by atoms with Crippen molar-refractivity contribution in [2.75, 3.05) is 12.4 Å². The molecule has 0 bridgehead atoms. The van der Waals surface area contributed by atoms with Crippen molar-refractivity contribution in [1.82, 2.24) is 10.1 Å². The van der Waals surface area contributed by atoms with Crippen molar-refractivity contribution in [3.8, 4) is 5.75 Å². The minimum Gasteiger partial charge on any atom is -0.495 e. The number of benzene rings is 1. The van der Waals surface area contributed by atoms with Crippen molar-refractivity contribution >= 4 is 17.3 Å². The van der Waals surface area contributed by atoms with Gasteiger partial charge in [0.2, 0.25) is 5.89 Å². The zero-order valence-electron chi connectivity index (χ0n) is 12.9. The molecule has 0 fully saturated rings. The van der Waals surface area contributed by atoms with Crippen LogP contribution in [-0.4, -0.2) is 17.3 Å². The van der Waals surface area contributed by atoms with Crippen LogP contribution in [0.3, 0.4) is 0 Å². The van der Waals surface area contributed by atoms with E-state index in [0.29, 0.717) is 22.5 Å². The molecule has 0 aliphatic heterocycles. The average molecular weight is 310 g/mol.